The number of benzene rings is 4. The summed E-state index contributed by atoms with van der Waals surface area (Å²) in [6.45, 7) is 0. The van der Waals surface area contributed by atoms with Gasteiger partial charge in [-0.15, -0.1) is 0 Å². The highest BCUT2D eigenvalue weighted by Crippen LogP contribution is 3.00. The summed E-state index contributed by atoms with van der Waals surface area (Å²) in [6, 6.07) is 31.4. The van der Waals surface area contributed by atoms with Crippen molar-refractivity contribution in [2.45, 2.75) is 57.8 Å². The van der Waals surface area contributed by atoms with E-state index in [1.54, 1.807) is 0 Å². The van der Waals surface area contributed by atoms with Crippen LogP contribution in [-0.2, 0) is 0 Å². The van der Waals surface area contributed by atoms with E-state index in [1.165, 1.54) is 46.7 Å². The van der Waals surface area contributed by atoms with Gasteiger partial charge in [0.2, 0.25) is 0 Å². The highest BCUT2D eigenvalue weighted by Gasteiger charge is 2.96. The fourth-order valence-corrected chi connectivity index (χ4v) is 19.1. The molecule has 6 saturated carbocycles. The highest BCUT2D eigenvalue weighted by atomic mass is 127. The molecule has 0 aliphatic heterocycles. The second-order valence-electron chi connectivity index (χ2n) is 23.6. The van der Waals surface area contributed by atoms with Crippen LogP contribution in [-0.4, -0.2) is 0 Å². The first kappa shape index (κ1) is 49.6. The molecule has 6 fully saturated rings. The van der Waals surface area contributed by atoms with Gasteiger partial charge in [0, 0.05) is 110 Å². The van der Waals surface area contributed by atoms with E-state index >= 15 is 0 Å². The molecule has 0 amide bonds. The van der Waals surface area contributed by atoms with Crippen molar-refractivity contribution in [2.24, 2.45) is 48.7 Å². The van der Waals surface area contributed by atoms with Crippen LogP contribution in [0.2, 0.25) is 0 Å². The van der Waals surface area contributed by atoms with E-state index in [0.29, 0.717) is 0 Å². The van der Waals surface area contributed by atoms with Gasteiger partial charge in [0.25, 0.3) is 0 Å². The molecule has 6 unspecified atom stereocenters. The molecule has 6 atom stereocenters. The van der Waals surface area contributed by atoms with Crippen LogP contribution >= 0.6 is 67.8 Å². The van der Waals surface area contributed by atoms with E-state index < -0.39 is 0 Å². The molecule has 0 heterocycles. The second-order valence-corrected chi connectivity index (χ2v) is 27.4. The molecule has 16 rings (SSSR count). The summed E-state index contributed by atoms with van der Waals surface area (Å²) in [7, 11) is 0. The molecule has 0 N–H and O–H groups in total. The molecular weight excluding hydrogens is 1320 g/mol. The van der Waals surface area contributed by atoms with Crippen molar-refractivity contribution < 1.29 is 0 Å². The molecule has 0 radical (unpaired) electrons. The van der Waals surface area contributed by atoms with Crippen molar-refractivity contribution in [2.75, 3.05) is 0 Å². The summed E-state index contributed by atoms with van der Waals surface area (Å²) in [6.07, 6.45) is 38.6. The number of halogens is 3. The Balaban J connectivity index is 0.746. The number of allylic oxidation sites excluding steroid dienone is 18. The maximum Gasteiger partial charge on any atom is 0.0579 e. The summed E-state index contributed by atoms with van der Waals surface area (Å²) in [5.41, 5.74) is 12.5. The Kier molecular flexibility index (Phi) is 10.8. The average molecular weight is 1360 g/mol. The van der Waals surface area contributed by atoms with Gasteiger partial charge in [-0.3, -0.25) is 0 Å². The molecule has 0 saturated heterocycles. The Morgan fingerprint density at radius 2 is 0.469 bits per heavy atom. The lowest BCUT2D eigenvalue weighted by Gasteiger charge is -2.11. The fraction of sp³-hybridized carbons (Fsp3) is 0.231. The molecule has 0 aromatic heterocycles. The molecular formula is C78H45I3. The molecule has 3 spiro atoms. The predicted octanol–water partition coefficient (Wildman–Crippen LogP) is 15.5. The Hall–Kier alpha value is -7.23. The highest BCUT2D eigenvalue weighted by molar-refractivity contribution is 14.1. The normalized spacial score (nSPS) is 33.5. The molecule has 4 aromatic rings. The maximum absolute atomic E-state index is 3.63. The molecule has 4 aromatic carbocycles. The number of hydrogen-bond donors (Lipinski definition) is 0. The predicted molar refractivity (Wildman–Crippen MR) is 348 cm³/mol. The molecule has 81 heavy (non-hydrogen) atoms. The minimum absolute atomic E-state index is 0.0702. The smallest absolute Gasteiger partial charge is 0.0579 e. The van der Waals surface area contributed by atoms with E-state index in [4.69, 9.17) is 0 Å². The zero-order valence-corrected chi connectivity index (χ0v) is 50.6. The van der Waals surface area contributed by atoms with Crippen LogP contribution in [0.5, 0.6) is 0 Å². The van der Waals surface area contributed by atoms with Crippen LogP contribution in [0.4, 0.5) is 0 Å². The lowest BCUT2D eigenvalue weighted by molar-refractivity contribution is 0.528. The first-order valence-electron chi connectivity index (χ1n) is 28.1. The van der Waals surface area contributed by atoms with E-state index in [-0.39, 0.29) is 48.7 Å². The van der Waals surface area contributed by atoms with Crippen molar-refractivity contribution in [1.29, 1.82) is 0 Å². The number of rotatable bonds is 0. The van der Waals surface area contributed by atoms with Crippen molar-refractivity contribution in [3.63, 3.8) is 0 Å². The molecule has 3 heteroatoms. The molecule has 378 valence electrons. The van der Waals surface area contributed by atoms with Gasteiger partial charge >= 0.3 is 0 Å². The van der Waals surface area contributed by atoms with Crippen LogP contribution in [0.25, 0.3) is 0 Å². The van der Waals surface area contributed by atoms with Gasteiger partial charge in [0.1, 0.15) is 0 Å². The summed E-state index contributed by atoms with van der Waals surface area (Å²) in [4.78, 5) is 0. The van der Waals surface area contributed by atoms with E-state index in [1.807, 2.05) is 18.2 Å². The van der Waals surface area contributed by atoms with Gasteiger partial charge < -0.3 is 0 Å². The van der Waals surface area contributed by atoms with E-state index in [2.05, 4.69) is 320 Å². The van der Waals surface area contributed by atoms with Crippen LogP contribution in [0.1, 0.15) is 91.2 Å². The Bertz CT molecular complexity index is 4040. The minimum Gasteiger partial charge on any atom is -0.0761 e. The summed E-state index contributed by atoms with van der Waals surface area (Å²) in [5.74, 6) is 62.0. The zero-order valence-electron chi connectivity index (χ0n) is 44.1. The van der Waals surface area contributed by atoms with Crippen molar-refractivity contribution in [3.8, 4) is 107 Å². The summed E-state index contributed by atoms with van der Waals surface area (Å²) < 4.78 is 3.59. The third-order valence-corrected chi connectivity index (χ3v) is 23.1. The van der Waals surface area contributed by atoms with E-state index in [9.17, 15) is 0 Å². The van der Waals surface area contributed by atoms with Crippen LogP contribution in [0, 0.1) is 166 Å². The van der Waals surface area contributed by atoms with Crippen LogP contribution in [0.3, 0.4) is 0 Å². The van der Waals surface area contributed by atoms with Crippen molar-refractivity contribution >= 4 is 67.8 Å². The largest absolute Gasteiger partial charge is 0.0761 e. The molecule has 0 bridgehead atoms. The molecule has 12 aliphatic carbocycles. The monoisotopic (exact) mass is 1360 g/mol. The van der Waals surface area contributed by atoms with E-state index in [0.717, 1.165) is 88.6 Å². The Labute approximate surface area is 517 Å². The first-order valence-corrected chi connectivity index (χ1v) is 31.4. The summed E-state index contributed by atoms with van der Waals surface area (Å²) in [5, 5.41) is 0. The SMILES string of the molecule is Ic1ccc(C#CC2=C(C#CC#Cc3cc(C#CC#CC4=C(C#Cc5ccc(I)cc5)C45C46C=CC=CC45CCC6)cc(C#CC#CC4=C(C#Cc5ccc(I)cc5)C45C46C=CC=CC45CCC6)c3)C23C24C=CC=CC23CCC4)cc1. The Morgan fingerprint density at radius 3 is 0.716 bits per heavy atom. The standard InChI is InChI=1S/C78H45I3/c79-61-31-22-55(23-32-61)28-37-67-64(76(67)70-40-7-8-41-71(70,76)47-13-46-70)19-4-1-16-58-52-59(17-2-5-20-65-68(38-29-56-24-33-62(80)34-25-56)77(65)72-42-9-10-43-73(72,77)49-14-48-72)54-60(53-58)18-3-6-21-66-69(39-30-57-26-35-63(81)36-27-57)78(66)74-44-11-12-45-75(74,78)51-15-50-74/h7-12,22-27,31-36,40-45,52-54H,13-15,46-51H2. The van der Waals surface area contributed by atoms with Crippen molar-refractivity contribution in [3.05, 3.63) is 241 Å². The van der Waals surface area contributed by atoms with Gasteiger partial charge in [-0.05, 0) is 233 Å². The number of hydrogen-bond acceptors (Lipinski definition) is 0. The summed E-state index contributed by atoms with van der Waals surface area (Å²) >= 11 is 7.03. The third-order valence-electron chi connectivity index (χ3n) is 20.9. The van der Waals surface area contributed by atoms with Gasteiger partial charge in [-0.1, -0.05) is 163 Å². The van der Waals surface area contributed by atoms with Crippen molar-refractivity contribution in [1.82, 2.24) is 0 Å². The molecule has 0 nitrogen and oxygen atoms in total. The van der Waals surface area contributed by atoms with Crippen LogP contribution in [0.15, 0.2) is 197 Å². The van der Waals surface area contributed by atoms with Gasteiger partial charge in [-0.25, -0.2) is 0 Å². The topological polar surface area (TPSA) is 0 Å². The second kappa shape index (κ2) is 17.6. The van der Waals surface area contributed by atoms with Gasteiger partial charge in [0.05, 0.1) is 16.2 Å². The minimum atomic E-state index is -0.117. The fourth-order valence-electron chi connectivity index (χ4n) is 18.0. The lowest BCUT2D eigenvalue weighted by Crippen LogP contribution is -2.03. The first-order chi connectivity index (χ1) is 39.7. The lowest BCUT2D eigenvalue weighted by atomic mass is 9.92. The molecule has 12 aliphatic rings. The zero-order chi connectivity index (χ0) is 54.3. The average Bonchev–Trinajstić information content (AvgIpc) is 1.43. The maximum atomic E-state index is 3.63. The Morgan fingerprint density at radius 1 is 0.247 bits per heavy atom. The quantitative estimate of drug-likeness (QED) is 0.122. The van der Waals surface area contributed by atoms with Crippen LogP contribution < -0.4 is 0 Å². The van der Waals surface area contributed by atoms with Gasteiger partial charge in [-0.2, -0.15) is 0 Å². The van der Waals surface area contributed by atoms with Gasteiger partial charge in [0.15, 0.2) is 0 Å². The third kappa shape index (κ3) is 6.39.